The van der Waals surface area contributed by atoms with Crippen LogP contribution < -0.4 is 4.74 Å². The van der Waals surface area contributed by atoms with Gasteiger partial charge in [0.15, 0.2) is 0 Å². The summed E-state index contributed by atoms with van der Waals surface area (Å²) in [7, 11) is 3.93. The van der Waals surface area contributed by atoms with Crippen LogP contribution in [0.5, 0.6) is 5.75 Å². The van der Waals surface area contributed by atoms with Gasteiger partial charge < -0.3 is 9.64 Å². The third-order valence-corrected chi connectivity index (χ3v) is 3.84. The van der Waals surface area contributed by atoms with E-state index in [0.29, 0.717) is 0 Å². The van der Waals surface area contributed by atoms with Gasteiger partial charge in [0.25, 0.3) is 0 Å². The molecule has 0 amide bonds. The number of nitrogens with zero attached hydrogens (tertiary/aromatic N) is 1. The third kappa shape index (κ3) is 2.45. The fourth-order valence-corrected chi connectivity index (χ4v) is 2.74. The van der Waals surface area contributed by atoms with Gasteiger partial charge in [-0.1, -0.05) is 0 Å². The van der Waals surface area contributed by atoms with Crippen molar-refractivity contribution in [1.82, 2.24) is 4.90 Å². The van der Waals surface area contributed by atoms with Gasteiger partial charge in [-0.05, 0) is 65.7 Å². The van der Waals surface area contributed by atoms with Crippen molar-refractivity contribution in [1.29, 1.82) is 0 Å². The number of rotatable bonds is 1. The second-order valence-corrected chi connectivity index (χ2v) is 5.22. The Labute approximate surface area is 105 Å². The normalized spacial score (nSPS) is 17.0. The number of hydrogen-bond acceptors (Lipinski definition) is 2. The van der Waals surface area contributed by atoms with Crippen LogP contribution in [0.4, 0.5) is 0 Å². The van der Waals surface area contributed by atoms with Gasteiger partial charge in [0.2, 0.25) is 0 Å². The molecule has 0 aromatic heterocycles. The van der Waals surface area contributed by atoms with E-state index in [1.54, 1.807) is 7.11 Å². The number of methoxy groups -OCH3 is 1. The van der Waals surface area contributed by atoms with E-state index in [1.165, 1.54) is 14.7 Å². The van der Waals surface area contributed by atoms with Crippen LogP contribution in [0.3, 0.4) is 0 Å². The maximum Gasteiger partial charge on any atom is 0.132 e. The molecule has 0 fully saturated rings. The molecular formula is C12H16INO. The van der Waals surface area contributed by atoms with Crippen LogP contribution in [0.1, 0.15) is 11.1 Å². The zero-order chi connectivity index (χ0) is 10.8. The van der Waals surface area contributed by atoms with Gasteiger partial charge in [-0.3, -0.25) is 0 Å². The average molecular weight is 317 g/mol. The van der Waals surface area contributed by atoms with E-state index >= 15 is 0 Å². The Morgan fingerprint density at radius 1 is 1.20 bits per heavy atom. The van der Waals surface area contributed by atoms with Crippen LogP contribution in [-0.2, 0) is 12.8 Å². The highest BCUT2D eigenvalue weighted by Gasteiger charge is 2.13. The molecule has 1 aliphatic rings. The quantitative estimate of drug-likeness (QED) is 0.737. The number of fused-ring (bicyclic) bond motifs is 1. The lowest BCUT2D eigenvalue weighted by molar-refractivity contribution is 0.352. The molecule has 82 valence electrons. The summed E-state index contributed by atoms with van der Waals surface area (Å²) in [6, 6.07) is 4.48. The number of halogens is 1. The van der Waals surface area contributed by atoms with Crippen molar-refractivity contribution < 1.29 is 4.74 Å². The third-order valence-electron chi connectivity index (χ3n) is 3.00. The van der Waals surface area contributed by atoms with E-state index in [9.17, 15) is 0 Å². The van der Waals surface area contributed by atoms with Crippen LogP contribution in [0.15, 0.2) is 12.1 Å². The number of hydrogen-bond donors (Lipinski definition) is 0. The molecule has 1 aromatic carbocycles. The first-order valence-corrected chi connectivity index (χ1v) is 6.32. The highest BCUT2D eigenvalue weighted by molar-refractivity contribution is 14.1. The summed E-state index contributed by atoms with van der Waals surface area (Å²) in [5, 5.41) is 0. The zero-order valence-electron chi connectivity index (χ0n) is 9.22. The molecule has 0 spiro atoms. The van der Waals surface area contributed by atoms with Crippen molar-refractivity contribution in [2.45, 2.75) is 12.8 Å². The minimum atomic E-state index is 1.01. The molecule has 0 N–H and O–H groups in total. The average Bonchev–Trinajstić information content (AvgIpc) is 2.40. The fraction of sp³-hybridized carbons (Fsp3) is 0.500. The lowest BCUT2D eigenvalue weighted by atomic mass is 10.0. The number of benzene rings is 1. The highest BCUT2D eigenvalue weighted by Crippen LogP contribution is 2.27. The zero-order valence-corrected chi connectivity index (χ0v) is 11.4. The first-order chi connectivity index (χ1) is 7.20. The van der Waals surface area contributed by atoms with E-state index in [-0.39, 0.29) is 0 Å². The van der Waals surface area contributed by atoms with Gasteiger partial charge in [-0.25, -0.2) is 0 Å². The summed E-state index contributed by atoms with van der Waals surface area (Å²) in [4.78, 5) is 2.39. The van der Waals surface area contributed by atoms with Gasteiger partial charge in [-0.2, -0.15) is 0 Å². The minimum Gasteiger partial charge on any atom is -0.496 e. The van der Waals surface area contributed by atoms with Crippen LogP contribution in [0, 0.1) is 3.57 Å². The Balaban J connectivity index is 2.36. The Morgan fingerprint density at radius 2 is 1.80 bits per heavy atom. The number of ether oxygens (including phenoxy) is 1. The molecule has 1 heterocycles. The second-order valence-electron chi connectivity index (χ2n) is 4.06. The second kappa shape index (κ2) is 4.70. The molecular weight excluding hydrogens is 301 g/mol. The molecule has 2 nitrogen and oxygen atoms in total. The molecule has 0 saturated carbocycles. The smallest absolute Gasteiger partial charge is 0.132 e. The van der Waals surface area contributed by atoms with Crippen molar-refractivity contribution in [3.05, 3.63) is 26.8 Å². The Hall–Kier alpha value is -0.290. The van der Waals surface area contributed by atoms with Crippen LogP contribution in [0.2, 0.25) is 0 Å². The van der Waals surface area contributed by atoms with Gasteiger partial charge >= 0.3 is 0 Å². The summed E-state index contributed by atoms with van der Waals surface area (Å²) in [5.41, 5.74) is 2.95. The summed E-state index contributed by atoms with van der Waals surface area (Å²) < 4.78 is 6.58. The summed E-state index contributed by atoms with van der Waals surface area (Å²) in [5.74, 6) is 1.01. The molecule has 0 saturated heterocycles. The largest absolute Gasteiger partial charge is 0.496 e. The predicted molar refractivity (Wildman–Crippen MR) is 70.6 cm³/mol. The molecule has 0 radical (unpaired) electrons. The van der Waals surface area contributed by atoms with E-state index in [1.807, 2.05) is 0 Å². The van der Waals surface area contributed by atoms with E-state index < -0.39 is 0 Å². The molecule has 1 aromatic rings. The van der Waals surface area contributed by atoms with Gasteiger partial charge in [-0.15, -0.1) is 0 Å². The molecule has 2 rings (SSSR count). The SMILES string of the molecule is COc1cc2c(cc1I)CCN(C)CC2. The predicted octanol–water partition coefficient (Wildman–Crippen LogP) is 2.33. The molecule has 1 aliphatic heterocycles. The summed E-state index contributed by atoms with van der Waals surface area (Å²) in [6.07, 6.45) is 2.30. The standard InChI is InChI=1S/C12H16INO/c1-14-5-3-9-7-11(13)12(15-2)8-10(9)4-6-14/h7-8H,3-6H2,1-2H3. The summed E-state index contributed by atoms with van der Waals surface area (Å²) in [6.45, 7) is 2.31. The van der Waals surface area contributed by atoms with Gasteiger partial charge in [0, 0.05) is 13.1 Å². The monoisotopic (exact) mass is 317 g/mol. The maximum absolute atomic E-state index is 5.36. The fourth-order valence-electron chi connectivity index (χ4n) is 1.99. The first-order valence-electron chi connectivity index (χ1n) is 5.24. The highest BCUT2D eigenvalue weighted by atomic mass is 127. The topological polar surface area (TPSA) is 12.5 Å². The van der Waals surface area contributed by atoms with Crippen LogP contribution >= 0.6 is 22.6 Å². The Kier molecular flexibility index (Phi) is 3.51. The summed E-state index contributed by atoms with van der Waals surface area (Å²) >= 11 is 2.35. The van der Waals surface area contributed by atoms with Gasteiger partial charge in [0.05, 0.1) is 10.7 Å². The Bertz CT molecular complexity index is 365. The van der Waals surface area contributed by atoms with E-state index in [4.69, 9.17) is 4.74 Å². The molecule has 0 atom stereocenters. The molecule has 3 heteroatoms. The van der Waals surface area contributed by atoms with Crippen molar-refractivity contribution in [3.63, 3.8) is 0 Å². The van der Waals surface area contributed by atoms with Crippen molar-refractivity contribution in [2.24, 2.45) is 0 Å². The van der Waals surface area contributed by atoms with Crippen LogP contribution in [-0.4, -0.2) is 32.1 Å². The maximum atomic E-state index is 5.36. The van der Waals surface area contributed by atoms with E-state index in [0.717, 1.165) is 31.7 Å². The lowest BCUT2D eigenvalue weighted by Gasteiger charge is -2.10. The van der Waals surface area contributed by atoms with Crippen molar-refractivity contribution in [2.75, 3.05) is 27.2 Å². The Morgan fingerprint density at radius 3 is 2.40 bits per heavy atom. The molecule has 0 bridgehead atoms. The molecule has 0 unspecified atom stereocenters. The van der Waals surface area contributed by atoms with Crippen LogP contribution in [0.25, 0.3) is 0 Å². The van der Waals surface area contributed by atoms with E-state index in [2.05, 4.69) is 46.7 Å². The molecule has 0 aliphatic carbocycles. The first kappa shape index (κ1) is 11.2. The lowest BCUT2D eigenvalue weighted by Crippen LogP contribution is -2.20. The number of likely N-dealkylation sites (N-methyl/N-ethyl adjacent to an activating group) is 1. The van der Waals surface area contributed by atoms with Crippen molar-refractivity contribution >= 4 is 22.6 Å². The van der Waals surface area contributed by atoms with Gasteiger partial charge in [0.1, 0.15) is 5.75 Å². The van der Waals surface area contributed by atoms with Crippen molar-refractivity contribution in [3.8, 4) is 5.75 Å². The molecule has 15 heavy (non-hydrogen) atoms. The minimum absolute atomic E-state index is 1.01.